The van der Waals surface area contributed by atoms with Crippen LogP contribution in [0, 0.1) is 5.41 Å². The summed E-state index contributed by atoms with van der Waals surface area (Å²) < 4.78 is 0. The Morgan fingerprint density at radius 2 is 1.71 bits per heavy atom. The number of aromatic amines is 1. The summed E-state index contributed by atoms with van der Waals surface area (Å²) in [7, 11) is 0. The van der Waals surface area contributed by atoms with Crippen LogP contribution in [-0.4, -0.2) is 58.0 Å². The number of carbonyl (C=O) groups excluding carboxylic acids is 2. The lowest BCUT2D eigenvalue weighted by Gasteiger charge is -2.35. The molecule has 6 nitrogen and oxygen atoms in total. The van der Waals surface area contributed by atoms with Gasteiger partial charge in [-0.3, -0.25) is 14.7 Å². The Hall–Kier alpha value is -2.37. The van der Waals surface area contributed by atoms with Gasteiger partial charge in [0.25, 0.3) is 5.91 Å². The molecule has 1 N–H and O–H groups in total. The van der Waals surface area contributed by atoms with E-state index in [-0.39, 0.29) is 17.2 Å². The minimum Gasteiger partial charge on any atom is -0.339 e. The second-order valence-electron chi connectivity index (χ2n) is 7.53. The fraction of sp³-hybridized carbons (Fsp3) is 0.500. The first-order valence-corrected chi connectivity index (χ1v) is 8.35. The summed E-state index contributed by atoms with van der Waals surface area (Å²) in [4.78, 5) is 28.7. The fourth-order valence-corrected chi connectivity index (χ4v) is 3.00. The second-order valence-corrected chi connectivity index (χ2v) is 7.53. The zero-order valence-electron chi connectivity index (χ0n) is 14.5. The molecule has 2 aromatic rings. The van der Waals surface area contributed by atoms with Crippen molar-refractivity contribution in [3.8, 4) is 0 Å². The van der Waals surface area contributed by atoms with Crippen LogP contribution in [0.4, 0.5) is 0 Å². The molecule has 1 aromatic heterocycles. The van der Waals surface area contributed by atoms with Gasteiger partial charge in [0.15, 0.2) is 5.69 Å². The van der Waals surface area contributed by atoms with Gasteiger partial charge in [-0.25, -0.2) is 0 Å². The lowest BCUT2D eigenvalue weighted by Crippen LogP contribution is -2.51. The number of benzene rings is 1. The molecule has 1 aliphatic heterocycles. The first kappa shape index (κ1) is 16.5. The van der Waals surface area contributed by atoms with E-state index >= 15 is 0 Å². The van der Waals surface area contributed by atoms with E-state index in [0.29, 0.717) is 38.3 Å². The maximum absolute atomic E-state index is 12.7. The number of fused-ring (bicyclic) bond motifs is 1. The average molecular weight is 328 g/mol. The number of carbonyl (C=O) groups is 2. The lowest BCUT2D eigenvalue weighted by molar-refractivity contribution is -0.134. The number of amides is 2. The number of hydrogen-bond acceptors (Lipinski definition) is 3. The maximum Gasteiger partial charge on any atom is 0.275 e. The number of para-hydroxylation sites is 1. The molecule has 0 unspecified atom stereocenters. The van der Waals surface area contributed by atoms with E-state index < -0.39 is 0 Å². The number of aromatic nitrogens is 2. The van der Waals surface area contributed by atoms with E-state index in [0.717, 1.165) is 10.9 Å². The fourth-order valence-electron chi connectivity index (χ4n) is 3.00. The van der Waals surface area contributed by atoms with Gasteiger partial charge in [0.2, 0.25) is 5.91 Å². The topological polar surface area (TPSA) is 69.3 Å². The van der Waals surface area contributed by atoms with Crippen LogP contribution in [-0.2, 0) is 4.79 Å². The van der Waals surface area contributed by atoms with Crippen molar-refractivity contribution in [2.45, 2.75) is 27.2 Å². The van der Waals surface area contributed by atoms with E-state index in [1.807, 2.05) is 29.2 Å². The normalized spacial score (nSPS) is 15.8. The average Bonchev–Trinajstić information content (AvgIpc) is 2.97. The molecule has 24 heavy (non-hydrogen) atoms. The maximum atomic E-state index is 12.7. The van der Waals surface area contributed by atoms with Crippen LogP contribution in [0.3, 0.4) is 0 Å². The minimum atomic E-state index is -0.0737. The van der Waals surface area contributed by atoms with Crippen LogP contribution in [0.5, 0.6) is 0 Å². The van der Waals surface area contributed by atoms with Gasteiger partial charge in [-0.15, -0.1) is 0 Å². The van der Waals surface area contributed by atoms with Crippen LogP contribution < -0.4 is 0 Å². The van der Waals surface area contributed by atoms with Crippen molar-refractivity contribution in [3.63, 3.8) is 0 Å². The number of nitrogens with zero attached hydrogens (tertiary/aromatic N) is 3. The summed E-state index contributed by atoms with van der Waals surface area (Å²) in [5.41, 5.74) is 1.30. The summed E-state index contributed by atoms with van der Waals surface area (Å²) in [6, 6.07) is 7.61. The van der Waals surface area contributed by atoms with Crippen molar-refractivity contribution in [2.24, 2.45) is 5.41 Å². The van der Waals surface area contributed by atoms with Gasteiger partial charge in [-0.1, -0.05) is 39.0 Å². The van der Waals surface area contributed by atoms with Crippen molar-refractivity contribution in [1.29, 1.82) is 0 Å². The third-order valence-corrected chi connectivity index (χ3v) is 4.27. The van der Waals surface area contributed by atoms with Crippen LogP contribution >= 0.6 is 0 Å². The number of H-pyrrole nitrogens is 1. The van der Waals surface area contributed by atoms with Crippen molar-refractivity contribution in [1.82, 2.24) is 20.0 Å². The van der Waals surface area contributed by atoms with E-state index in [2.05, 4.69) is 31.0 Å². The molecule has 0 atom stereocenters. The number of rotatable bonds is 2. The van der Waals surface area contributed by atoms with Gasteiger partial charge in [-0.2, -0.15) is 5.10 Å². The predicted octanol–water partition coefficient (Wildman–Crippen LogP) is 2.28. The summed E-state index contributed by atoms with van der Waals surface area (Å²) in [6.07, 6.45) is 0.533. The van der Waals surface area contributed by atoms with Crippen LogP contribution in [0.25, 0.3) is 10.9 Å². The van der Waals surface area contributed by atoms with Gasteiger partial charge in [-0.05, 0) is 11.5 Å². The smallest absolute Gasteiger partial charge is 0.275 e. The van der Waals surface area contributed by atoms with E-state index in [1.165, 1.54) is 0 Å². The molecule has 0 saturated carbocycles. The van der Waals surface area contributed by atoms with Gasteiger partial charge in [0.05, 0.1) is 5.52 Å². The van der Waals surface area contributed by atoms with Crippen molar-refractivity contribution in [3.05, 3.63) is 30.0 Å². The molecule has 1 saturated heterocycles. The standard InChI is InChI=1S/C18H24N4O2/c1-18(2,3)12-15(23)21-8-10-22(11-9-21)17(24)16-13-6-4-5-7-14(13)19-20-16/h4-7H,8-12H2,1-3H3,(H,19,20). The van der Waals surface area contributed by atoms with E-state index in [1.54, 1.807) is 4.90 Å². The molecule has 1 fully saturated rings. The Balaban J connectivity index is 1.64. The number of piperazine rings is 1. The highest BCUT2D eigenvalue weighted by molar-refractivity contribution is 6.04. The monoisotopic (exact) mass is 328 g/mol. The molecule has 0 radical (unpaired) electrons. The molecule has 2 amide bonds. The molecule has 128 valence electrons. The second kappa shape index (κ2) is 6.26. The van der Waals surface area contributed by atoms with Gasteiger partial charge in [0, 0.05) is 38.0 Å². The molecular formula is C18H24N4O2. The van der Waals surface area contributed by atoms with Gasteiger partial charge >= 0.3 is 0 Å². The molecule has 0 spiro atoms. The number of hydrogen-bond donors (Lipinski definition) is 1. The molecule has 6 heteroatoms. The SMILES string of the molecule is CC(C)(C)CC(=O)N1CCN(C(=O)c2n[nH]c3ccccc23)CC1. The third-order valence-electron chi connectivity index (χ3n) is 4.27. The predicted molar refractivity (Wildman–Crippen MR) is 92.6 cm³/mol. The first-order chi connectivity index (χ1) is 11.3. The summed E-state index contributed by atoms with van der Waals surface area (Å²) in [5.74, 6) is 0.0928. The zero-order chi connectivity index (χ0) is 17.3. The van der Waals surface area contributed by atoms with Crippen molar-refractivity contribution < 1.29 is 9.59 Å². The Kier molecular flexibility index (Phi) is 4.30. The van der Waals surface area contributed by atoms with Crippen molar-refractivity contribution >= 4 is 22.7 Å². The largest absolute Gasteiger partial charge is 0.339 e. The Morgan fingerprint density at radius 1 is 1.08 bits per heavy atom. The molecule has 1 aromatic carbocycles. The van der Waals surface area contributed by atoms with Crippen LogP contribution in [0.15, 0.2) is 24.3 Å². The molecule has 1 aliphatic rings. The Morgan fingerprint density at radius 3 is 2.38 bits per heavy atom. The summed E-state index contributed by atoms with van der Waals surface area (Å²) >= 11 is 0. The highest BCUT2D eigenvalue weighted by Gasteiger charge is 2.28. The first-order valence-electron chi connectivity index (χ1n) is 8.35. The van der Waals surface area contributed by atoms with Gasteiger partial charge < -0.3 is 9.80 Å². The zero-order valence-corrected chi connectivity index (χ0v) is 14.5. The summed E-state index contributed by atoms with van der Waals surface area (Å²) in [6.45, 7) is 8.46. The number of nitrogens with one attached hydrogen (secondary N) is 1. The minimum absolute atomic E-state index is 0.0159. The highest BCUT2D eigenvalue weighted by Crippen LogP contribution is 2.21. The van der Waals surface area contributed by atoms with Crippen molar-refractivity contribution in [2.75, 3.05) is 26.2 Å². The Labute approximate surface area is 141 Å². The quantitative estimate of drug-likeness (QED) is 0.919. The van der Waals surface area contributed by atoms with E-state index in [4.69, 9.17) is 0 Å². The third kappa shape index (κ3) is 3.42. The van der Waals surface area contributed by atoms with Gasteiger partial charge in [0.1, 0.15) is 0 Å². The highest BCUT2D eigenvalue weighted by atomic mass is 16.2. The Bertz CT molecular complexity index is 752. The van der Waals surface area contributed by atoms with Crippen LogP contribution in [0.2, 0.25) is 0 Å². The summed E-state index contributed by atoms with van der Waals surface area (Å²) in [5, 5.41) is 7.92. The molecule has 2 heterocycles. The molecule has 0 bridgehead atoms. The van der Waals surface area contributed by atoms with E-state index in [9.17, 15) is 9.59 Å². The molecular weight excluding hydrogens is 304 g/mol. The molecule has 3 rings (SSSR count). The molecule has 0 aliphatic carbocycles. The lowest BCUT2D eigenvalue weighted by atomic mass is 9.91. The van der Waals surface area contributed by atoms with Crippen LogP contribution in [0.1, 0.15) is 37.7 Å².